The summed E-state index contributed by atoms with van der Waals surface area (Å²) >= 11 is 6.43. The highest BCUT2D eigenvalue weighted by Gasteiger charge is 2.42. The van der Waals surface area contributed by atoms with Crippen LogP contribution in [0, 0.1) is 5.92 Å². The fourth-order valence-electron chi connectivity index (χ4n) is 7.49. The maximum absolute atomic E-state index is 14.7. The van der Waals surface area contributed by atoms with E-state index in [4.69, 9.17) is 25.8 Å². The molecule has 1 fully saturated rings. The van der Waals surface area contributed by atoms with E-state index in [0.29, 0.717) is 12.5 Å². The predicted molar refractivity (Wildman–Crippen MR) is 190 cm³/mol. The van der Waals surface area contributed by atoms with Gasteiger partial charge in [-0.25, -0.2) is 8.42 Å². The number of nitrogens with zero attached hydrogens (tertiary/aromatic N) is 2. The van der Waals surface area contributed by atoms with Crippen LogP contribution in [-0.4, -0.2) is 46.6 Å². The third kappa shape index (κ3) is 6.63. The van der Waals surface area contributed by atoms with Gasteiger partial charge in [0.05, 0.1) is 31.4 Å². The fourth-order valence-corrected chi connectivity index (χ4v) is 9.12. The second kappa shape index (κ2) is 13.7. The van der Waals surface area contributed by atoms with E-state index in [1.807, 2.05) is 66.7 Å². The van der Waals surface area contributed by atoms with Gasteiger partial charge in [0, 0.05) is 36.6 Å². The van der Waals surface area contributed by atoms with Gasteiger partial charge in [-0.05, 0) is 115 Å². The zero-order valence-corrected chi connectivity index (χ0v) is 29.2. The van der Waals surface area contributed by atoms with Crippen LogP contribution in [0.15, 0.2) is 89.8 Å². The lowest BCUT2D eigenvalue weighted by molar-refractivity contribution is 0.204. The smallest absolute Gasteiger partial charge is 0.243 e. The Hall–Kier alpha value is -3.72. The van der Waals surface area contributed by atoms with Crippen molar-refractivity contribution < 1.29 is 22.6 Å². The Morgan fingerprint density at radius 1 is 0.875 bits per heavy atom. The summed E-state index contributed by atoms with van der Waals surface area (Å²) in [4.78, 5) is 2.68. The molecule has 1 spiro atoms. The van der Waals surface area contributed by atoms with Crippen molar-refractivity contribution in [3.05, 3.63) is 112 Å². The second-order valence-corrected chi connectivity index (χ2v) is 15.9. The number of ether oxygens (including phenoxy) is 3. The number of anilines is 1. The van der Waals surface area contributed by atoms with Crippen molar-refractivity contribution in [2.24, 2.45) is 5.92 Å². The molecule has 7 nitrogen and oxygen atoms in total. The van der Waals surface area contributed by atoms with Crippen molar-refractivity contribution in [1.82, 2.24) is 4.31 Å². The van der Waals surface area contributed by atoms with Crippen molar-refractivity contribution in [2.45, 2.75) is 61.9 Å². The second-order valence-electron chi connectivity index (χ2n) is 13.5. The molecule has 2 aliphatic carbocycles. The number of rotatable bonds is 10. The predicted octanol–water partition coefficient (Wildman–Crippen LogP) is 8.02. The Labute approximate surface area is 289 Å². The molecule has 0 unspecified atom stereocenters. The van der Waals surface area contributed by atoms with E-state index in [-0.39, 0.29) is 23.4 Å². The highest BCUT2D eigenvalue weighted by molar-refractivity contribution is 7.89. The Bertz CT molecular complexity index is 1810. The zero-order valence-electron chi connectivity index (χ0n) is 27.7. The minimum Gasteiger partial charge on any atom is -0.497 e. The van der Waals surface area contributed by atoms with Crippen LogP contribution in [0.5, 0.6) is 17.2 Å². The first-order valence-corrected chi connectivity index (χ1v) is 18.6. The van der Waals surface area contributed by atoms with Crippen LogP contribution in [0.3, 0.4) is 0 Å². The van der Waals surface area contributed by atoms with Gasteiger partial charge in [0.1, 0.15) is 17.2 Å². The number of fused-ring (bicyclic) bond motifs is 3. The highest BCUT2D eigenvalue weighted by Crippen LogP contribution is 2.46. The molecule has 252 valence electrons. The maximum atomic E-state index is 14.7. The van der Waals surface area contributed by atoms with Gasteiger partial charge in [0.25, 0.3) is 0 Å². The average molecular weight is 687 g/mol. The van der Waals surface area contributed by atoms with Crippen LogP contribution in [0.1, 0.15) is 54.4 Å². The number of methoxy groups -OCH3 is 2. The van der Waals surface area contributed by atoms with Gasteiger partial charge in [-0.3, -0.25) is 0 Å². The van der Waals surface area contributed by atoms with E-state index in [2.05, 4.69) is 17.0 Å². The van der Waals surface area contributed by atoms with Crippen LogP contribution >= 0.6 is 11.6 Å². The van der Waals surface area contributed by atoms with Crippen LogP contribution in [0.2, 0.25) is 5.02 Å². The summed E-state index contributed by atoms with van der Waals surface area (Å²) in [7, 11) is -0.688. The van der Waals surface area contributed by atoms with Gasteiger partial charge in [0.2, 0.25) is 10.0 Å². The van der Waals surface area contributed by atoms with Crippen molar-refractivity contribution in [3.8, 4) is 17.2 Å². The molecule has 4 aromatic carbocycles. The van der Waals surface area contributed by atoms with E-state index in [1.54, 1.807) is 24.6 Å². The average Bonchev–Trinajstić information content (AvgIpc) is 3.23. The molecule has 1 aliphatic heterocycles. The molecule has 0 aromatic heterocycles. The number of hydrogen-bond acceptors (Lipinski definition) is 6. The molecular weight excluding hydrogens is 644 g/mol. The Morgan fingerprint density at radius 3 is 2.15 bits per heavy atom. The SMILES string of the molecule is COc1ccc(CN(Cc2ccc(OC)cc2)S(=O)(=O)c2ccc3c(c2)N(CC2CCC2)C[C@@]2(CCCc4cc(Cl)ccc42)CO3)cc1. The largest absolute Gasteiger partial charge is 0.497 e. The summed E-state index contributed by atoms with van der Waals surface area (Å²) in [6.07, 6.45) is 6.72. The van der Waals surface area contributed by atoms with Crippen molar-refractivity contribution in [3.63, 3.8) is 0 Å². The Kier molecular flexibility index (Phi) is 9.33. The third-order valence-electron chi connectivity index (χ3n) is 10.4. The van der Waals surface area contributed by atoms with E-state index >= 15 is 0 Å². The fraction of sp³-hybridized carbons (Fsp3) is 0.385. The monoisotopic (exact) mass is 686 g/mol. The van der Waals surface area contributed by atoms with Gasteiger partial charge in [-0.2, -0.15) is 4.31 Å². The maximum Gasteiger partial charge on any atom is 0.243 e. The van der Waals surface area contributed by atoms with Crippen LogP contribution in [0.25, 0.3) is 0 Å². The van der Waals surface area contributed by atoms with Crippen molar-refractivity contribution in [1.29, 1.82) is 0 Å². The minimum atomic E-state index is -3.93. The minimum absolute atomic E-state index is 0.200. The first kappa shape index (κ1) is 32.8. The molecule has 9 heteroatoms. The van der Waals surface area contributed by atoms with E-state index in [0.717, 1.165) is 71.4 Å². The van der Waals surface area contributed by atoms with Crippen molar-refractivity contribution >= 4 is 27.3 Å². The molecule has 1 heterocycles. The lowest BCUT2D eigenvalue weighted by Gasteiger charge is -2.42. The molecule has 0 N–H and O–H groups in total. The molecule has 48 heavy (non-hydrogen) atoms. The summed E-state index contributed by atoms with van der Waals surface area (Å²) in [5.41, 5.74) is 5.00. The zero-order chi connectivity index (χ0) is 33.3. The van der Waals surface area contributed by atoms with Crippen LogP contribution in [-0.2, 0) is 34.9 Å². The van der Waals surface area contributed by atoms with E-state index in [1.165, 1.54) is 30.4 Å². The summed E-state index contributed by atoms with van der Waals surface area (Å²) in [6.45, 7) is 2.62. The molecule has 0 saturated heterocycles. The van der Waals surface area contributed by atoms with Crippen molar-refractivity contribution in [2.75, 3.05) is 38.8 Å². The number of sulfonamides is 1. The first-order chi connectivity index (χ1) is 23.3. The van der Waals surface area contributed by atoms with Gasteiger partial charge < -0.3 is 19.1 Å². The number of benzene rings is 4. The summed E-state index contributed by atoms with van der Waals surface area (Å²) < 4.78 is 48.2. The topological polar surface area (TPSA) is 68.3 Å². The van der Waals surface area contributed by atoms with Gasteiger partial charge in [-0.1, -0.05) is 48.4 Å². The number of aryl methyl sites for hydroxylation is 1. The third-order valence-corrected chi connectivity index (χ3v) is 12.4. The normalized spacial score (nSPS) is 19.2. The molecule has 1 atom stereocenters. The van der Waals surface area contributed by atoms with Crippen LogP contribution < -0.4 is 19.1 Å². The molecular formula is C39H43ClN2O5S. The molecule has 0 radical (unpaired) electrons. The van der Waals surface area contributed by atoms with E-state index < -0.39 is 10.0 Å². The summed E-state index contributed by atoms with van der Waals surface area (Å²) in [5.74, 6) is 2.77. The quantitative estimate of drug-likeness (QED) is 0.168. The first-order valence-electron chi connectivity index (χ1n) is 16.8. The molecule has 0 bridgehead atoms. The molecule has 4 aromatic rings. The lowest BCUT2D eigenvalue weighted by Crippen LogP contribution is -2.47. The molecule has 3 aliphatic rings. The summed E-state index contributed by atoms with van der Waals surface area (Å²) in [6, 6.07) is 26.8. The Balaban J connectivity index is 1.25. The summed E-state index contributed by atoms with van der Waals surface area (Å²) in [5, 5.41) is 0.763. The number of hydrogen-bond donors (Lipinski definition) is 0. The molecule has 0 amide bonds. The van der Waals surface area contributed by atoms with Gasteiger partial charge in [0.15, 0.2) is 0 Å². The lowest BCUT2D eigenvalue weighted by atomic mass is 9.70. The number of halogens is 1. The molecule has 1 saturated carbocycles. The standard InChI is InChI=1S/C39H43ClN2O5S/c1-45-33-13-8-29(9-14-33)24-42(25-30-10-15-34(46-2)16-11-30)48(43,44)35-17-19-38-37(22-35)41(23-28-5-3-6-28)26-39(27-47-38)20-4-7-31-21-32(40)12-18-36(31)39/h8-19,21-22,28H,3-7,20,23-27H2,1-2H3/t39-/m0/s1. The van der Waals surface area contributed by atoms with Gasteiger partial charge in [-0.15, -0.1) is 0 Å². The van der Waals surface area contributed by atoms with Crippen LogP contribution in [0.4, 0.5) is 5.69 Å². The van der Waals surface area contributed by atoms with Gasteiger partial charge >= 0.3 is 0 Å². The molecule has 7 rings (SSSR count). The van der Waals surface area contributed by atoms with E-state index in [9.17, 15) is 8.42 Å². The Morgan fingerprint density at radius 2 is 1.54 bits per heavy atom. The highest BCUT2D eigenvalue weighted by atomic mass is 35.5.